The average molecular weight is 245 g/mol. The van der Waals surface area contributed by atoms with E-state index in [0.29, 0.717) is 5.69 Å². The molecule has 0 unspecified atom stereocenters. The molecule has 0 saturated heterocycles. The maximum atomic E-state index is 11.2. The van der Waals surface area contributed by atoms with Gasteiger partial charge in [-0.05, 0) is 37.5 Å². The lowest BCUT2D eigenvalue weighted by Crippen LogP contribution is -1.93. The third-order valence-corrected chi connectivity index (χ3v) is 4.03. The normalized spacial score (nSPS) is 10.6. The molecule has 0 atom stereocenters. The predicted molar refractivity (Wildman–Crippen MR) is 71.8 cm³/mol. The summed E-state index contributed by atoms with van der Waals surface area (Å²) < 4.78 is 0. The van der Waals surface area contributed by atoms with Crippen molar-refractivity contribution in [2.75, 3.05) is 0 Å². The van der Waals surface area contributed by atoms with Gasteiger partial charge in [-0.1, -0.05) is 12.1 Å². The Balaban J connectivity index is 2.53. The van der Waals surface area contributed by atoms with Gasteiger partial charge >= 0.3 is 0 Å². The van der Waals surface area contributed by atoms with Crippen molar-refractivity contribution < 1.29 is 4.79 Å². The summed E-state index contributed by atoms with van der Waals surface area (Å²) in [6.07, 6.45) is 0. The number of aromatic nitrogens is 1. The van der Waals surface area contributed by atoms with Crippen molar-refractivity contribution in [3.63, 3.8) is 0 Å². The fourth-order valence-corrected chi connectivity index (χ4v) is 2.69. The Labute approximate surface area is 105 Å². The molecule has 0 aliphatic rings. The highest BCUT2D eigenvalue weighted by Crippen LogP contribution is 2.29. The molecule has 0 radical (unpaired) electrons. The number of ketones is 1. The highest BCUT2D eigenvalue weighted by atomic mass is 32.1. The van der Waals surface area contributed by atoms with Gasteiger partial charge < -0.3 is 0 Å². The van der Waals surface area contributed by atoms with Crippen LogP contribution in [-0.2, 0) is 0 Å². The van der Waals surface area contributed by atoms with E-state index in [1.54, 1.807) is 6.92 Å². The maximum absolute atomic E-state index is 11.2. The summed E-state index contributed by atoms with van der Waals surface area (Å²) in [6, 6.07) is 4.19. The first-order valence-electron chi connectivity index (χ1n) is 5.54. The van der Waals surface area contributed by atoms with Gasteiger partial charge in [-0.2, -0.15) is 0 Å². The van der Waals surface area contributed by atoms with Gasteiger partial charge in [-0.15, -0.1) is 11.3 Å². The van der Waals surface area contributed by atoms with Crippen LogP contribution in [0.3, 0.4) is 0 Å². The molecule has 0 fully saturated rings. The third kappa shape index (κ3) is 2.15. The van der Waals surface area contributed by atoms with Gasteiger partial charge in [0, 0.05) is 17.9 Å². The van der Waals surface area contributed by atoms with Gasteiger partial charge in [0.15, 0.2) is 5.78 Å². The number of hydrogen-bond donors (Lipinski definition) is 0. The second-order valence-corrected chi connectivity index (χ2v) is 5.13. The molecule has 0 aliphatic heterocycles. The van der Waals surface area contributed by atoms with E-state index in [4.69, 9.17) is 0 Å². The second-order valence-electron chi connectivity index (χ2n) is 4.27. The minimum absolute atomic E-state index is 0.0222. The molecule has 3 heteroatoms. The molecule has 0 spiro atoms. The predicted octanol–water partition coefficient (Wildman–Crippen LogP) is 3.94. The molecule has 1 aromatic carbocycles. The molecule has 0 aliphatic carbocycles. The van der Waals surface area contributed by atoms with Crippen molar-refractivity contribution in [2.45, 2.75) is 27.7 Å². The van der Waals surface area contributed by atoms with Crippen LogP contribution in [0.2, 0.25) is 0 Å². The number of carbonyl (C=O) groups is 1. The van der Waals surface area contributed by atoms with Crippen LogP contribution in [0.5, 0.6) is 0 Å². The Hall–Kier alpha value is -1.48. The van der Waals surface area contributed by atoms with Crippen molar-refractivity contribution in [1.82, 2.24) is 4.98 Å². The number of Topliss-reactive ketones (excluding diaryl/α,β-unsaturated/α-hetero) is 1. The summed E-state index contributed by atoms with van der Waals surface area (Å²) >= 11 is 1.53. The number of thiazole rings is 1. The molecule has 0 saturated carbocycles. The topological polar surface area (TPSA) is 30.0 Å². The SMILES string of the molecule is CC(=O)c1csc(-c2ccc(C)c(C)c2C)n1. The quantitative estimate of drug-likeness (QED) is 0.750. The summed E-state index contributed by atoms with van der Waals surface area (Å²) in [5, 5.41) is 2.75. The number of nitrogens with zero attached hydrogens (tertiary/aromatic N) is 1. The fourth-order valence-electron chi connectivity index (χ4n) is 1.75. The number of benzene rings is 1. The van der Waals surface area contributed by atoms with Gasteiger partial charge in [0.25, 0.3) is 0 Å². The first-order valence-corrected chi connectivity index (χ1v) is 6.42. The number of rotatable bonds is 2. The minimum Gasteiger partial charge on any atom is -0.293 e. The number of aryl methyl sites for hydroxylation is 1. The Morgan fingerprint density at radius 2 is 1.88 bits per heavy atom. The van der Waals surface area contributed by atoms with Crippen LogP contribution in [0.15, 0.2) is 17.5 Å². The minimum atomic E-state index is 0.0222. The van der Waals surface area contributed by atoms with E-state index in [1.807, 2.05) is 5.38 Å². The lowest BCUT2D eigenvalue weighted by Gasteiger charge is -2.08. The molecular formula is C14H15NOS. The van der Waals surface area contributed by atoms with Crippen molar-refractivity contribution in [3.8, 4) is 10.6 Å². The summed E-state index contributed by atoms with van der Waals surface area (Å²) in [5.74, 6) is 0.0222. The second kappa shape index (κ2) is 4.41. The molecule has 1 aromatic heterocycles. The average Bonchev–Trinajstić information content (AvgIpc) is 2.75. The zero-order valence-corrected chi connectivity index (χ0v) is 11.3. The smallest absolute Gasteiger partial charge is 0.178 e. The zero-order valence-electron chi connectivity index (χ0n) is 10.5. The molecule has 0 bridgehead atoms. The molecule has 1 heterocycles. The molecule has 0 amide bonds. The number of carbonyl (C=O) groups excluding carboxylic acids is 1. The molecule has 2 rings (SSSR count). The summed E-state index contributed by atoms with van der Waals surface area (Å²) in [5.41, 5.74) is 5.51. The van der Waals surface area contributed by atoms with E-state index in [9.17, 15) is 4.79 Å². The van der Waals surface area contributed by atoms with E-state index >= 15 is 0 Å². The van der Waals surface area contributed by atoms with Crippen molar-refractivity contribution in [3.05, 3.63) is 39.9 Å². The van der Waals surface area contributed by atoms with Crippen LogP contribution in [0.4, 0.5) is 0 Å². The van der Waals surface area contributed by atoms with E-state index in [2.05, 4.69) is 37.9 Å². The Kier molecular flexibility index (Phi) is 3.11. The lowest BCUT2D eigenvalue weighted by molar-refractivity contribution is 0.101. The zero-order chi connectivity index (χ0) is 12.6. The lowest BCUT2D eigenvalue weighted by atomic mass is 9.99. The summed E-state index contributed by atoms with van der Waals surface area (Å²) in [6.45, 7) is 7.88. The van der Waals surface area contributed by atoms with Gasteiger partial charge in [0.2, 0.25) is 0 Å². The first-order chi connectivity index (χ1) is 8.00. The largest absolute Gasteiger partial charge is 0.293 e. The first kappa shape index (κ1) is 12.0. The van der Waals surface area contributed by atoms with Crippen LogP contribution >= 0.6 is 11.3 Å². The van der Waals surface area contributed by atoms with Crippen LogP contribution in [0, 0.1) is 20.8 Å². The van der Waals surface area contributed by atoms with E-state index < -0.39 is 0 Å². The standard InChI is InChI=1S/C14H15NOS/c1-8-5-6-12(10(3)9(8)2)14-15-13(7-17-14)11(4)16/h5-7H,1-4H3. The van der Waals surface area contributed by atoms with Crippen LogP contribution in [-0.4, -0.2) is 10.8 Å². The van der Waals surface area contributed by atoms with Gasteiger partial charge in [0.1, 0.15) is 10.7 Å². The monoisotopic (exact) mass is 245 g/mol. The Morgan fingerprint density at radius 3 is 2.47 bits per heavy atom. The third-order valence-electron chi connectivity index (χ3n) is 3.15. The van der Waals surface area contributed by atoms with Crippen molar-refractivity contribution in [2.24, 2.45) is 0 Å². The molecular weight excluding hydrogens is 230 g/mol. The molecule has 88 valence electrons. The van der Waals surface area contributed by atoms with E-state index in [-0.39, 0.29) is 5.78 Å². The fraction of sp³-hybridized carbons (Fsp3) is 0.286. The molecule has 0 N–H and O–H groups in total. The maximum Gasteiger partial charge on any atom is 0.178 e. The highest BCUT2D eigenvalue weighted by Gasteiger charge is 2.11. The molecule has 2 nitrogen and oxygen atoms in total. The van der Waals surface area contributed by atoms with Gasteiger partial charge in [0.05, 0.1) is 0 Å². The van der Waals surface area contributed by atoms with E-state index in [0.717, 1.165) is 10.6 Å². The Morgan fingerprint density at radius 1 is 1.18 bits per heavy atom. The summed E-state index contributed by atoms with van der Waals surface area (Å²) in [4.78, 5) is 15.6. The van der Waals surface area contributed by atoms with Crippen LogP contribution < -0.4 is 0 Å². The summed E-state index contributed by atoms with van der Waals surface area (Å²) in [7, 11) is 0. The van der Waals surface area contributed by atoms with Crippen molar-refractivity contribution >= 4 is 17.1 Å². The highest BCUT2D eigenvalue weighted by molar-refractivity contribution is 7.13. The van der Waals surface area contributed by atoms with Gasteiger partial charge in [-0.25, -0.2) is 4.98 Å². The Bertz CT molecular complexity index is 584. The van der Waals surface area contributed by atoms with E-state index in [1.165, 1.54) is 28.0 Å². The van der Waals surface area contributed by atoms with Crippen LogP contribution in [0.25, 0.3) is 10.6 Å². The number of hydrogen-bond acceptors (Lipinski definition) is 3. The molecule has 17 heavy (non-hydrogen) atoms. The van der Waals surface area contributed by atoms with Gasteiger partial charge in [-0.3, -0.25) is 4.79 Å². The van der Waals surface area contributed by atoms with Crippen molar-refractivity contribution in [1.29, 1.82) is 0 Å². The molecule has 2 aromatic rings. The van der Waals surface area contributed by atoms with Crippen LogP contribution in [0.1, 0.15) is 34.1 Å².